The van der Waals surface area contributed by atoms with Crippen molar-refractivity contribution in [1.82, 2.24) is 0 Å². The van der Waals surface area contributed by atoms with Crippen molar-refractivity contribution in [3.8, 4) is 0 Å². The minimum atomic E-state index is -0.796. The van der Waals surface area contributed by atoms with Gasteiger partial charge in [0.05, 0.1) is 0 Å². The van der Waals surface area contributed by atoms with Gasteiger partial charge < -0.3 is 14.2 Å². The van der Waals surface area contributed by atoms with Gasteiger partial charge in [0.1, 0.15) is 13.2 Å². The van der Waals surface area contributed by atoms with E-state index >= 15 is 0 Å². The second kappa shape index (κ2) is 67.8. The van der Waals surface area contributed by atoms with Gasteiger partial charge in [0.2, 0.25) is 0 Å². The maximum atomic E-state index is 12.9. The molecule has 6 heteroatoms. The molecule has 0 rings (SSSR count). The van der Waals surface area contributed by atoms with Crippen LogP contribution in [0.15, 0.2) is 146 Å². The van der Waals surface area contributed by atoms with Crippen LogP contribution in [-0.2, 0) is 28.6 Å². The van der Waals surface area contributed by atoms with Crippen molar-refractivity contribution in [2.75, 3.05) is 13.2 Å². The number of unbranched alkanes of at least 4 members (excludes halogenated alkanes) is 24. The number of rotatable bonds is 59. The zero-order valence-corrected chi connectivity index (χ0v) is 52.5. The van der Waals surface area contributed by atoms with Crippen LogP contribution < -0.4 is 0 Å². The summed E-state index contributed by atoms with van der Waals surface area (Å²) in [6.45, 7) is 6.38. The third-order valence-corrected chi connectivity index (χ3v) is 13.8. The quantitative estimate of drug-likeness (QED) is 0.0261. The van der Waals surface area contributed by atoms with Crippen molar-refractivity contribution in [2.45, 2.75) is 297 Å². The first-order valence-corrected chi connectivity index (χ1v) is 33.3. The Hall–Kier alpha value is -4.71. The van der Waals surface area contributed by atoms with Crippen LogP contribution in [0.1, 0.15) is 290 Å². The van der Waals surface area contributed by atoms with Crippen molar-refractivity contribution in [3.05, 3.63) is 146 Å². The van der Waals surface area contributed by atoms with E-state index in [4.69, 9.17) is 14.2 Å². The maximum absolute atomic E-state index is 12.9. The Morgan fingerprint density at radius 3 is 0.765 bits per heavy atom. The van der Waals surface area contributed by atoms with Crippen molar-refractivity contribution >= 4 is 17.9 Å². The molecule has 0 spiro atoms. The minimum Gasteiger partial charge on any atom is -0.462 e. The molecule has 6 nitrogen and oxygen atoms in total. The van der Waals surface area contributed by atoms with Crippen LogP contribution in [0.25, 0.3) is 0 Å². The van der Waals surface area contributed by atoms with Crippen molar-refractivity contribution < 1.29 is 28.6 Å². The number of carbonyl (C=O) groups is 3. The van der Waals surface area contributed by atoms with Crippen LogP contribution in [0, 0.1) is 0 Å². The molecule has 0 aliphatic rings. The summed E-state index contributed by atoms with van der Waals surface area (Å²) < 4.78 is 16.9. The second-order valence-corrected chi connectivity index (χ2v) is 21.6. The summed E-state index contributed by atoms with van der Waals surface area (Å²) in [7, 11) is 0. The molecule has 0 heterocycles. The summed E-state index contributed by atoms with van der Waals surface area (Å²) in [6.07, 6.45) is 97.1. The summed E-state index contributed by atoms with van der Waals surface area (Å²) >= 11 is 0. The molecule has 1 atom stereocenters. The maximum Gasteiger partial charge on any atom is 0.306 e. The van der Waals surface area contributed by atoms with E-state index in [-0.39, 0.29) is 31.1 Å². The molecule has 0 radical (unpaired) electrons. The lowest BCUT2D eigenvalue weighted by atomic mass is 10.1. The third kappa shape index (κ3) is 66.0. The van der Waals surface area contributed by atoms with E-state index in [2.05, 4.69) is 167 Å². The predicted octanol–water partition coefficient (Wildman–Crippen LogP) is 23.1. The Labute approximate surface area is 499 Å². The standard InChI is InChI=1S/C75H122O6/c1-4-7-10-13-16-19-22-25-27-29-30-31-32-33-34-35-36-37-38-39-40-41-42-43-44-46-47-50-53-56-59-62-65-68-74(77)80-71-72(70-79-73(76)67-64-61-58-55-52-49-24-21-18-15-12-9-6-3)81-75(78)69-66-63-60-57-54-51-48-45-28-26-23-20-17-14-11-8-5-2/h7-8,10-11,16-17,19-21,24-28,30-31,33-34,36-37,39-40,42-43,72H,4-6,9,12-15,18,22-23,29,32,35,38,41,44-71H2,1-3H3/b10-7-,11-8-,19-16-,20-17-,24-21-,27-25-,28-26-,31-30-,34-33-,37-36-,40-39-,43-42-. The molecule has 0 aliphatic heterocycles. The minimum absolute atomic E-state index is 0.0922. The van der Waals surface area contributed by atoms with Crippen LogP contribution >= 0.6 is 0 Å². The fourth-order valence-corrected chi connectivity index (χ4v) is 8.88. The molecule has 0 N–H and O–H groups in total. The molecule has 0 aromatic rings. The summed E-state index contributed by atoms with van der Waals surface area (Å²) in [4.78, 5) is 38.3. The van der Waals surface area contributed by atoms with Crippen LogP contribution in [0.3, 0.4) is 0 Å². The Kier molecular flexibility index (Phi) is 63.9. The van der Waals surface area contributed by atoms with E-state index in [1.54, 1.807) is 0 Å². The largest absolute Gasteiger partial charge is 0.462 e. The number of hydrogen-bond acceptors (Lipinski definition) is 6. The van der Waals surface area contributed by atoms with E-state index in [0.717, 1.165) is 148 Å². The molecule has 0 aromatic carbocycles. The van der Waals surface area contributed by atoms with Gasteiger partial charge >= 0.3 is 17.9 Å². The molecule has 458 valence electrons. The van der Waals surface area contributed by atoms with E-state index < -0.39 is 6.10 Å². The van der Waals surface area contributed by atoms with Gasteiger partial charge in [-0.15, -0.1) is 0 Å². The van der Waals surface area contributed by atoms with E-state index in [0.29, 0.717) is 19.3 Å². The first kappa shape index (κ1) is 76.3. The Morgan fingerprint density at radius 2 is 0.481 bits per heavy atom. The van der Waals surface area contributed by atoms with Crippen molar-refractivity contribution in [3.63, 3.8) is 0 Å². The summed E-state index contributed by atoms with van der Waals surface area (Å²) in [5, 5.41) is 0. The molecule has 0 aromatic heterocycles. The topological polar surface area (TPSA) is 78.9 Å². The molecule has 0 amide bonds. The Balaban J connectivity index is 4.31. The predicted molar refractivity (Wildman–Crippen MR) is 352 cm³/mol. The van der Waals surface area contributed by atoms with Gasteiger partial charge in [0.15, 0.2) is 6.10 Å². The molecule has 0 saturated carbocycles. The lowest BCUT2D eigenvalue weighted by Crippen LogP contribution is -2.30. The molecular formula is C75H122O6. The average Bonchev–Trinajstić information content (AvgIpc) is 3.46. The van der Waals surface area contributed by atoms with E-state index in [1.807, 2.05) is 0 Å². The monoisotopic (exact) mass is 1120 g/mol. The van der Waals surface area contributed by atoms with Gasteiger partial charge in [0, 0.05) is 19.3 Å². The lowest BCUT2D eigenvalue weighted by Gasteiger charge is -2.18. The lowest BCUT2D eigenvalue weighted by molar-refractivity contribution is -0.167. The molecule has 1 unspecified atom stereocenters. The van der Waals surface area contributed by atoms with Crippen LogP contribution in [0.2, 0.25) is 0 Å². The SMILES string of the molecule is CC/C=C\C/C=C\C/C=C\C/C=C\C/C=C\C/C=C\C/C=C\C/C=C\CCCCCCCCCCC(=O)OCC(COC(=O)CCCCCCC/C=C\CCCCCC)OC(=O)CCCCCCCCC/C=C\C/C=C\C/C=C\CC. The molecule has 0 fully saturated rings. The zero-order chi connectivity index (χ0) is 58.5. The summed E-state index contributed by atoms with van der Waals surface area (Å²) in [5.41, 5.74) is 0. The zero-order valence-electron chi connectivity index (χ0n) is 52.5. The summed E-state index contributed by atoms with van der Waals surface area (Å²) in [6, 6.07) is 0. The first-order chi connectivity index (χ1) is 40.0. The molecule has 0 saturated heterocycles. The molecule has 0 bridgehead atoms. The third-order valence-electron chi connectivity index (χ3n) is 13.8. The Morgan fingerprint density at radius 1 is 0.259 bits per heavy atom. The van der Waals surface area contributed by atoms with E-state index in [9.17, 15) is 14.4 Å². The highest BCUT2D eigenvalue weighted by Crippen LogP contribution is 2.15. The van der Waals surface area contributed by atoms with Crippen molar-refractivity contribution in [2.24, 2.45) is 0 Å². The highest BCUT2D eigenvalue weighted by Gasteiger charge is 2.19. The fraction of sp³-hybridized carbons (Fsp3) is 0.640. The van der Waals surface area contributed by atoms with Gasteiger partial charge in [-0.2, -0.15) is 0 Å². The normalized spacial score (nSPS) is 13.1. The number of hydrogen-bond donors (Lipinski definition) is 0. The first-order valence-electron chi connectivity index (χ1n) is 33.3. The molecule has 0 aliphatic carbocycles. The number of carbonyl (C=O) groups excluding carboxylic acids is 3. The van der Waals surface area contributed by atoms with Crippen molar-refractivity contribution in [1.29, 1.82) is 0 Å². The van der Waals surface area contributed by atoms with Gasteiger partial charge in [0.25, 0.3) is 0 Å². The van der Waals surface area contributed by atoms with Crippen LogP contribution in [-0.4, -0.2) is 37.2 Å². The number of allylic oxidation sites excluding steroid dienone is 24. The fourth-order valence-electron chi connectivity index (χ4n) is 8.88. The molecular weight excluding hydrogens is 997 g/mol. The number of ether oxygens (including phenoxy) is 3. The molecule has 81 heavy (non-hydrogen) atoms. The highest BCUT2D eigenvalue weighted by molar-refractivity contribution is 5.71. The van der Waals surface area contributed by atoms with Gasteiger partial charge in [-0.1, -0.05) is 276 Å². The van der Waals surface area contributed by atoms with Crippen LogP contribution in [0.5, 0.6) is 0 Å². The van der Waals surface area contributed by atoms with Gasteiger partial charge in [-0.05, 0) is 141 Å². The number of esters is 3. The second-order valence-electron chi connectivity index (χ2n) is 21.6. The average molecular weight is 1120 g/mol. The van der Waals surface area contributed by atoms with Gasteiger partial charge in [-0.3, -0.25) is 14.4 Å². The summed E-state index contributed by atoms with van der Waals surface area (Å²) in [5.74, 6) is -0.917. The Bertz CT molecular complexity index is 1760. The van der Waals surface area contributed by atoms with Gasteiger partial charge in [-0.25, -0.2) is 0 Å². The smallest absolute Gasteiger partial charge is 0.306 e. The van der Waals surface area contributed by atoms with E-state index in [1.165, 1.54) is 103 Å². The van der Waals surface area contributed by atoms with Crippen LogP contribution in [0.4, 0.5) is 0 Å². The highest BCUT2D eigenvalue weighted by atomic mass is 16.6.